The molecule has 1 heterocycles. The van der Waals surface area contributed by atoms with Crippen LogP contribution in [0.3, 0.4) is 0 Å². The fourth-order valence-corrected chi connectivity index (χ4v) is 3.25. The largest absolute Gasteiger partial charge is 0.457 e. The Morgan fingerprint density at radius 1 is 0.882 bits per heavy atom. The van der Waals surface area contributed by atoms with Crippen molar-refractivity contribution in [3.05, 3.63) is 84.9 Å². The SMILES string of the molecule is O=C(Cn1nnc(-c2ccccc2Oc2ccccc2)n1)NCCNC(=S)Nc1ccccc1. The van der Waals surface area contributed by atoms with Crippen molar-refractivity contribution >= 4 is 28.9 Å². The van der Waals surface area contributed by atoms with E-state index in [2.05, 4.69) is 31.4 Å². The monoisotopic (exact) mass is 473 g/mol. The van der Waals surface area contributed by atoms with E-state index in [0.717, 1.165) is 5.69 Å². The van der Waals surface area contributed by atoms with Crippen LogP contribution in [0.2, 0.25) is 0 Å². The van der Waals surface area contributed by atoms with Crippen LogP contribution in [-0.2, 0) is 11.3 Å². The van der Waals surface area contributed by atoms with E-state index >= 15 is 0 Å². The van der Waals surface area contributed by atoms with Crippen molar-refractivity contribution in [1.82, 2.24) is 30.8 Å². The van der Waals surface area contributed by atoms with Gasteiger partial charge in [-0.15, -0.1) is 10.2 Å². The van der Waals surface area contributed by atoms with Gasteiger partial charge in [0.1, 0.15) is 18.0 Å². The van der Waals surface area contributed by atoms with Crippen LogP contribution in [0.4, 0.5) is 5.69 Å². The molecule has 34 heavy (non-hydrogen) atoms. The normalized spacial score (nSPS) is 10.4. The summed E-state index contributed by atoms with van der Waals surface area (Å²) in [5.74, 6) is 1.44. The molecule has 1 amide bonds. The first-order valence-electron chi connectivity index (χ1n) is 10.6. The number of aromatic nitrogens is 4. The Labute approximate surface area is 202 Å². The van der Waals surface area contributed by atoms with Gasteiger partial charge in [-0.3, -0.25) is 4.79 Å². The van der Waals surface area contributed by atoms with E-state index in [0.29, 0.717) is 41.1 Å². The van der Waals surface area contributed by atoms with E-state index in [-0.39, 0.29) is 12.5 Å². The lowest BCUT2D eigenvalue weighted by Gasteiger charge is -2.10. The molecule has 3 N–H and O–H groups in total. The topological polar surface area (TPSA) is 106 Å². The molecule has 0 fully saturated rings. The quantitative estimate of drug-likeness (QED) is 0.251. The fraction of sp³-hybridized carbons (Fsp3) is 0.125. The van der Waals surface area contributed by atoms with Crippen LogP contribution in [-0.4, -0.2) is 44.3 Å². The van der Waals surface area contributed by atoms with Gasteiger partial charge in [-0.25, -0.2) is 0 Å². The smallest absolute Gasteiger partial charge is 0.243 e. The summed E-state index contributed by atoms with van der Waals surface area (Å²) in [5, 5.41) is 21.8. The van der Waals surface area contributed by atoms with Gasteiger partial charge in [0.25, 0.3) is 0 Å². The van der Waals surface area contributed by atoms with Gasteiger partial charge < -0.3 is 20.7 Å². The van der Waals surface area contributed by atoms with Crippen molar-refractivity contribution < 1.29 is 9.53 Å². The van der Waals surface area contributed by atoms with E-state index < -0.39 is 0 Å². The third-order valence-electron chi connectivity index (χ3n) is 4.60. The van der Waals surface area contributed by atoms with Crippen molar-refractivity contribution in [3.63, 3.8) is 0 Å². The second kappa shape index (κ2) is 11.5. The molecule has 0 aliphatic rings. The van der Waals surface area contributed by atoms with Gasteiger partial charge in [0.15, 0.2) is 5.11 Å². The summed E-state index contributed by atoms with van der Waals surface area (Å²) in [6.07, 6.45) is 0. The van der Waals surface area contributed by atoms with Crippen LogP contribution in [0.5, 0.6) is 11.5 Å². The number of tetrazole rings is 1. The summed E-state index contributed by atoms with van der Waals surface area (Å²) in [6, 6.07) is 26.5. The Kier molecular flexibility index (Phi) is 7.75. The summed E-state index contributed by atoms with van der Waals surface area (Å²) in [4.78, 5) is 13.5. The summed E-state index contributed by atoms with van der Waals surface area (Å²) in [6.45, 7) is 0.816. The van der Waals surface area contributed by atoms with Crippen LogP contribution in [0.25, 0.3) is 11.4 Å². The molecule has 4 aromatic rings. The Morgan fingerprint density at radius 3 is 2.35 bits per heavy atom. The van der Waals surface area contributed by atoms with Crippen LogP contribution in [0, 0.1) is 0 Å². The highest BCUT2D eigenvalue weighted by molar-refractivity contribution is 7.80. The minimum Gasteiger partial charge on any atom is -0.457 e. The molecule has 0 saturated carbocycles. The molecule has 172 valence electrons. The van der Waals surface area contributed by atoms with Gasteiger partial charge in [0, 0.05) is 18.8 Å². The summed E-state index contributed by atoms with van der Waals surface area (Å²) in [5.41, 5.74) is 1.58. The van der Waals surface area contributed by atoms with Crippen molar-refractivity contribution in [2.75, 3.05) is 18.4 Å². The molecular formula is C24H23N7O2S. The fourth-order valence-electron chi connectivity index (χ4n) is 3.03. The minimum atomic E-state index is -0.235. The zero-order valence-corrected chi connectivity index (χ0v) is 19.0. The lowest BCUT2D eigenvalue weighted by atomic mass is 10.2. The number of hydrogen-bond donors (Lipinski definition) is 3. The maximum atomic E-state index is 12.3. The number of thiocarbonyl (C=S) groups is 1. The summed E-state index contributed by atoms with van der Waals surface area (Å²) < 4.78 is 5.96. The maximum Gasteiger partial charge on any atom is 0.243 e. The number of ether oxygens (including phenoxy) is 1. The average molecular weight is 474 g/mol. The third-order valence-corrected chi connectivity index (χ3v) is 4.85. The van der Waals surface area contributed by atoms with Gasteiger partial charge in [-0.2, -0.15) is 4.80 Å². The molecule has 1 aromatic heterocycles. The molecule has 10 heteroatoms. The zero-order valence-electron chi connectivity index (χ0n) is 18.2. The Hall–Kier alpha value is -4.31. The van der Waals surface area contributed by atoms with Crippen LogP contribution in [0.15, 0.2) is 84.9 Å². The third kappa shape index (κ3) is 6.59. The molecule has 9 nitrogen and oxygen atoms in total. The van der Waals surface area contributed by atoms with Gasteiger partial charge in [0.2, 0.25) is 11.7 Å². The first-order valence-corrected chi connectivity index (χ1v) is 11.0. The molecular weight excluding hydrogens is 450 g/mol. The lowest BCUT2D eigenvalue weighted by Crippen LogP contribution is -2.38. The maximum absolute atomic E-state index is 12.3. The highest BCUT2D eigenvalue weighted by Gasteiger charge is 2.14. The highest BCUT2D eigenvalue weighted by Crippen LogP contribution is 2.30. The van der Waals surface area contributed by atoms with E-state index in [1.165, 1.54) is 4.80 Å². The van der Waals surface area contributed by atoms with E-state index in [4.69, 9.17) is 17.0 Å². The number of benzene rings is 3. The first-order chi connectivity index (χ1) is 16.7. The highest BCUT2D eigenvalue weighted by atomic mass is 32.1. The first kappa shape index (κ1) is 22.9. The van der Waals surface area contributed by atoms with Gasteiger partial charge in [-0.05, 0) is 53.8 Å². The Bertz CT molecular complexity index is 1230. The van der Waals surface area contributed by atoms with E-state index in [1.54, 1.807) is 0 Å². The Balaban J connectivity index is 1.25. The van der Waals surface area contributed by atoms with E-state index in [1.807, 2.05) is 84.9 Å². The molecule has 0 atom stereocenters. The number of anilines is 1. The average Bonchev–Trinajstić information content (AvgIpc) is 3.31. The van der Waals surface area contributed by atoms with Crippen molar-refractivity contribution in [3.8, 4) is 22.9 Å². The molecule has 0 spiro atoms. The van der Waals surface area contributed by atoms with Gasteiger partial charge >= 0.3 is 0 Å². The molecule has 0 unspecified atom stereocenters. The second-order valence-electron chi connectivity index (χ2n) is 7.15. The van der Waals surface area contributed by atoms with Crippen LogP contribution >= 0.6 is 12.2 Å². The van der Waals surface area contributed by atoms with Crippen molar-refractivity contribution in [1.29, 1.82) is 0 Å². The van der Waals surface area contributed by atoms with Crippen LogP contribution < -0.4 is 20.7 Å². The Morgan fingerprint density at radius 2 is 1.56 bits per heavy atom. The molecule has 0 bridgehead atoms. The molecule has 0 aliphatic heterocycles. The minimum absolute atomic E-state index is 0.0541. The predicted molar refractivity (Wildman–Crippen MR) is 133 cm³/mol. The van der Waals surface area contributed by atoms with Gasteiger partial charge in [-0.1, -0.05) is 48.5 Å². The number of carbonyl (C=O) groups excluding carboxylic acids is 1. The van der Waals surface area contributed by atoms with E-state index in [9.17, 15) is 4.79 Å². The second-order valence-corrected chi connectivity index (χ2v) is 7.56. The molecule has 3 aromatic carbocycles. The lowest BCUT2D eigenvalue weighted by molar-refractivity contribution is -0.122. The number of para-hydroxylation sites is 3. The van der Waals surface area contributed by atoms with Gasteiger partial charge in [0.05, 0.1) is 5.56 Å². The number of rotatable bonds is 9. The number of nitrogens with one attached hydrogen (secondary N) is 3. The zero-order chi connectivity index (χ0) is 23.6. The molecule has 0 aliphatic carbocycles. The standard InChI is InChI=1S/C24H23N7O2S/c32-22(25-15-16-26-24(34)27-18-9-3-1-4-10-18)17-31-29-23(28-30-31)20-13-7-8-14-21(20)33-19-11-5-2-6-12-19/h1-14H,15-17H2,(H,25,32)(H2,26,27,34). The number of nitrogens with zero attached hydrogens (tertiary/aromatic N) is 4. The number of amides is 1. The molecule has 0 radical (unpaired) electrons. The van der Waals surface area contributed by atoms with Crippen LogP contribution in [0.1, 0.15) is 0 Å². The van der Waals surface area contributed by atoms with Crippen molar-refractivity contribution in [2.45, 2.75) is 6.54 Å². The molecule has 4 rings (SSSR count). The number of carbonyl (C=O) groups is 1. The number of hydrogen-bond acceptors (Lipinski definition) is 6. The molecule has 0 saturated heterocycles. The predicted octanol–water partition coefficient (Wildman–Crippen LogP) is 3.24. The summed E-state index contributed by atoms with van der Waals surface area (Å²) in [7, 11) is 0. The summed E-state index contributed by atoms with van der Waals surface area (Å²) >= 11 is 5.24. The van der Waals surface area contributed by atoms with Crippen molar-refractivity contribution in [2.24, 2.45) is 0 Å².